The maximum atomic E-state index is 3.66. The summed E-state index contributed by atoms with van der Waals surface area (Å²) in [5.41, 5.74) is 0.698. The topological polar surface area (TPSA) is 12.0 Å². The molecular formula is C14H29NSi. The highest BCUT2D eigenvalue weighted by Gasteiger charge is 2.51. The first-order chi connectivity index (χ1) is 7.45. The fourth-order valence-electron chi connectivity index (χ4n) is 4.48. The van der Waals surface area contributed by atoms with Gasteiger partial charge in [0.25, 0.3) is 0 Å². The highest BCUT2D eigenvalue weighted by Crippen LogP contribution is 2.58. The van der Waals surface area contributed by atoms with E-state index in [1.807, 2.05) is 0 Å². The lowest BCUT2D eigenvalue weighted by Gasteiger charge is -2.42. The summed E-state index contributed by atoms with van der Waals surface area (Å²) in [6.45, 7) is 12.3. The van der Waals surface area contributed by atoms with Gasteiger partial charge in [0, 0.05) is 14.6 Å². The number of hydrogen-bond donors (Lipinski definition) is 1. The van der Waals surface area contributed by atoms with Gasteiger partial charge in [-0.2, -0.15) is 0 Å². The van der Waals surface area contributed by atoms with Crippen LogP contribution in [0.4, 0.5) is 0 Å². The maximum absolute atomic E-state index is 3.66. The molecule has 0 amide bonds. The fourth-order valence-corrected chi connectivity index (χ4v) is 7.15. The minimum atomic E-state index is -0.922. The first-order valence-electron chi connectivity index (χ1n) is 7.16. The second-order valence-corrected chi connectivity index (χ2v) is 12.9. The summed E-state index contributed by atoms with van der Waals surface area (Å²) in [6, 6.07) is 1.55. The second-order valence-electron chi connectivity index (χ2n) is 7.46. The summed E-state index contributed by atoms with van der Waals surface area (Å²) in [7, 11) is -0.922. The van der Waals surface area contributed by atoms with Gasteiger partial charge in [-0.1, -0.05) is 39.0 Å². The lowest BCUT2D eigenvalue weighted by Crippen LogP contribution is -2.43. The van der Waals surface area contributed by atoms with Gasteiger partial charge in [-0.3, -0.25) is 0 Å². The van der Waals surface area contributed by atoms with Crippen LogP contribution in [-0.2, 0) is 0 Å². The Morgan fingerprint density at radius 1 is 1.25 bits per heavy atom. The van der Waals surface area contributed by atoms with Crippen LogP contribution in [0.15, 0.2) is 0 Å². The van der Waals surface area contributed by atoms with Crippen LogP contribution in [0.3, 0.4) is 0 Å². The van der Waals surface area contributed by atoms with E-state index in [-0.39, 0.29) is 0 Å². The molecule has 3 unspecified atom stereocenters. The largest absolute Gasteiger partial charge is 0.316 e. The summed E-state index contributed by atoms with van der Waals surface area (Å²) in [5, 5.41) is 3.66. The van der Waals surface area contributed by atoms with Gasteiger partial charge in [-0.15, -0.1) is 0 Å². The molecule has 2 aliphatic rings. The highest BCUT2D eigenvalue weighted by molar-refractivity contribution is 6.76. The van der Waals surface area contributed by atoms with Crippen LogP contribution in [0.2, 0.25) is 25.7 Å². The van der Waals surface area contributed by atoms with Crippen LogP contribution < -0.4 is 5.32 Å². The van der Waals surface area contributed by atoms with E-state index in [1.165, 1.54) is 25.8 Å². The van der Waals surface area contributed by atoms with E-state index in [1.54, 1.807) is 12.5 Å². The molecule has 2 rings (SSSR count). The molecule has 0 aliphatic heterocycles. The summed E-state index contributed by atoms with van der Waals surface area (Å²) >= 11 is 0. The number of fused-ring (bicyclic) bond motifs is 2. The number of hydrogen-bond acceptors (Lipinski definition) is 1. The average Bonchev–Trinajstić information content (AvgIpc) is 2.72. The van der Waals surface area contributed by atoms with Crippen LogP contribution in [0, 0.1) is 17.3 Å². The quantitative estimate of drug-likeness (QED) is 0.721. The maximum Gasteiger partial charge on any atom is 0.0448 e. The molecule has 0 heterocycles. The van der Waals surface area contributed by atoms with Crippen LogP contribution in [0.5, 0.6) is 0 Å². The predicted octanol–water partition coefficient (Wildman–Crippen LogP) is 3.74. The standard InChI is InChI=1S/C14H29NSi/c1-5-15-10-14(11-16(2,3)4)9-12-6-7-13(14)8-12/h12-13,15H,5-11H2,1-4H3. The molecule has 0 aromatic carbocycles. The van der Waals surface area contributed by atoms with Crippen molar-refractivity contribution in [3.8, 4) is 0 Å². The Kier molecular flexibility index (Phi) is 3.51. The molecule has 0 aromatic heterocycles. The van der Waals surface area contributed by atoms with Crippen molar-refractivity contribution < 1.29 is 0 Å². The Morgan fingerprint density at radius 2 is 2.00 bits per heavy atom. The zero-order valence-electron chi connectivity index (χ0n) is 11.6. The minimum Gasteiger partial charge on any atom is -0.316 e. The highest BCUT2D eigenvalue weighted by atomic mass is 28.3. The summed E-state index contributed by atoms with van der Waals surface area (Å²) in [4.78, 5) is 0. The van der Waals surface area contributed by atoms with E-state index in [0.717, 1.165) is 18.4 Å². The SMILES string of the molecule is CCNCC1(C[Si](C)(C)C)CC2CCC1C2. The van der Waals surface area contributed by atoms with Crippen LogP contribution in [-0.4, -0.2) is 21.2 Å². The Balaban J connectivity index is 2.07. The molecule has 0 spiro atoms. The minimum absolute atomic E-state index is 0.698. The first-order valence-corrected chi connectivity index (χ1v) is 10.9. The van der Waals surface area contributed by atoms with Crippen molar-refractivity contribution in [3.63, 3.8) is 0 Å². The Bertz CT molecular complexity index is 246. The fraction of sp³-hybridized carbons (Fsp3) is 1.00. The zero-order valence-corrected chi connectivity index (χ0v) is 12.6. The molecule has 1 N–H and O–H groups in total. The van der Waals surface area contributed by atoms with Gasteiger partial charge in [0.2, 0.25) is 0 Å². The van der Waals surface area contributed by atoms with Gasteiger partial charge >= 0.3 is 0 Å². The molecule has 0 saturated heterocycles. The van der Waals surface area contributed by atoms with Gasteiger partial charge < -0.3 is 5.32 Å². The van der Waals surface area contributed by atoms with E-state index in [4.69, 9.17) is 0 Å². The number of nitrogens with one attached hydrogen (secondary N) is 1. The van der Waals surface area contributed by atoms with E-state index in [0.29, 0.717) is 5.41 Å². The molecule has 2 fully saturated rings. The summed E-state index contributed by atoms with van der Waals surface area (Å²) < 4.78 is 0. The third-order valence-corrected chi connectivity index (χ3v) is 6.48. The summed E-state index contributed by atoms with van der Waals surface area (Å²) in [6.07, 6.45) is 6.15. The van der Waals surface area contributed by atoms with Crippen molar-refractivity contribution in [1.29, 1.82) is 0 Å². The Labute approximate surface area is 102 Å². The van der Waals surface area contributed by atoms with Crippen LogP contribution in [0.25, 0.3) is 0 Å². The van der Waals surface area contributed by atoms with E-state index >= 15 is 0 Å². The van der Waals surface area contributed by atoms with Crippen molar-refractivity contribution in [2.75, 3.05) is 13.1 Å². The predicted molar refractivity (Wildman–Crippen MR) is 74.6 cm³/mol. The summed E-state index contributed by atoms with van der Waals surface area (Å²) in [5.74, 6) is 2.14. The molecule has 2 saturated carbocycles. The van der Waals surface area contributed by atoms with Gasteiger partial charge in [0.1, 0.15) is 0 Å². The van der Waals surface area contributed by atoms with Crippen molar-refractivity contribution in [2.45, 2.75) is 58.3 Å². The Morgan fingerprint density at radius 3 is 2.44 bits per heavy atom. The molecule has 2 heteroatoms. The van der Waals surface area contributed by atoms with Crippen molar-refractivity contribution >= 4 is 8.07 Å². The monoisotopic (exact) mass is 239 g/mol. The smallest absolute Gasteiger partial charge is 0.0448 e. The van der Waals surface area contributed by atoms with E-state index in [2.05, 4.69) is 31.9 Å². The molecule has 16 heavy (non-hydrogen) atoms. The molecule has 2 bridgehead atoms. The van der Waals surface area contributed by atoms with Crippen molar-refractivity contribution in [3.05, 3.63) is 0 Å². The molecule has 3 atom stereocenters. The molecule has 1 nitrogen and oxygen atoms in total. The number of rotatable bonds is 5. The zero-order chi connectivity index (χ0) is 11.8. The second kappa shape index (κ2) is 4.45. The van der Waals surface area contributed by atoms with Crippen LogP contribution in [0.1, 0.15) is 32.6 Å². The molecule has 0 radical (unpaired) electrons. The Hall–Kier alpha value is 0.177. The third kappa shape index (κ3) is 2.53. The van der Waals surface area contributed by atoms with E-state index in [9.17, 15) is 0 Å². The van der Waals surface area contributed by atoms with E-state index < -0.39 is 8.07 Å². The third-order valence-electron chi connectivity index (χ3n) is 4.71. The molecule has 94 valence electrons. The van der Waals surface area contributed by atoms with Gasteiger partial charge in [-0.05, 0) is 43.1 Å². The van der Waals surface area contributed by atoms with Gasteiger partial charge in [0.15, 0.2) is 0 Å². The lowest BCUT2D eigenvalue weighted by molar-refractivity contribution is 0.182. The van der Waals surface area contributed by atoms with Gasteiger partial charge in [-0.25, -0.2) is 0 Å². The molecule has 0 aromatic rings. The first kappa shape index (κ1) is 12.6. The molecule has 2 aliphatic carbocycles. The lowest BCUT2D eigenvalue weighted by atomic mass is 9.74. The van der Waals surface area contributed by atoms with Crippen molar-refractivity contribution in [2.24, 2.45) is 17.3 Å². The normalized spacial score (nSPS) is 38.2. The average molecular weight is 239 g/mol. The van der Waals surface area contributed by atoms with Gasteiger partial charge in [0.05, 0.1) is 0 Å². The molecular weight excluding hydrogens is 210 g/mol. The van der Waals surface area contributed by atoms with Crippen LogP contribution >= 0.6 is 0 Å². The van der Waals surface area contributed by atoms with Crippen molar-refractivity contribution in [1.82, 2.24) is 5.32 Å².